The number of rotatable bonds is 11. The van der Waals surface area contributed by atoms with Crippen molar-refractivity contribution in [2.24, 2.45) is 11.8 Å². The van der Waals surface area contributed by atoms with Crippen molar-refractivity contribution in [1.29, 1.82) is 5.41 Å². The van der Waals surface area contributed by atoms with Crippen molar-refractivity contribution in [2.45, 2.75) is 170 Å². The Bertz CT molecular complexity index is 1120. The van der Waals surface area contributed by atoms with Gasteiger partial charge in [0.1, 0.15) is 5.94 Å². The topological polar surface area (TPSA) is 40.9 Å². The van der Waals surface area contributed by atoms with Crippen LogP contribution in [-0.4, -0.2) is 11.7 Å². The van der Waals surface area contributed by atoms with Gasteiger partial charge in [0.25, 0.3) is 0 Å². The maximum atomic E-state index is 9.22. The molecule has 2 heteroatoms. The summed E-state index contributed by atoms with van der Waals surface area (Å²) in [7, 11) is 0. The molecule has 0 saturated carbocycles. The van der Waals surface area contributed by atoms with Crippen LogP contribution < -0.4 is 0 Å². The second-order valence-corrected chi connectivity index (χ2v) is 11.5. The van der Waals surface area contributed by atoms with Crippen LogP contribution in [0.15, 0.2) is 54.6 Å². The van der Waals surface area contributed by atoms with Crippen LogP contribution in [0.3, 0.4) is 0 Å². The Morgan fingerprint density at radius 3 is 1.60 bits per heavy atom. The third-order valence-corrected chi connectivity index (χ3v) is 7.47. The van der Waals surface area contributed by atoms with E-state index in [9.17, 15) is 4.79 Å². The molecule has 0 heterocycles. The highest BCUT2D eigenvalue weighted by atomic mass is 16.1. The van der Waals surface area contributed by atoms with Gasteiger partial charge < -0.3 is 5.41 Å². The van der Waals surface area contributed by atoms with Gasteiger partial charge in [-0.3, -0.25) is 0 Å². The molecular formula is C46H81NO. The van der Waals surface area contributed by atoms with Crippen molar-refractivity contribution >= 4 is 23.3 Å². The average Bonchev–Trinajstić information content (AvgIpc) is 3.09. The van der Waals surface area contributed by atoms with Crippen LogP contribution in [0.25, 0.3) is 11.6 Å². The molecule has 2 nitrogen and oxygen atoms in total. The molecule has 0 radical (unpaired) electrons. The van der Waals surface area contributed by atoms with Gasteiger partial charge in [-0.15, -0.1) is 0 Å². The Kier molecular flexibility index (Phi) is 43.7. The van der Waals surface area contributed by atoms with Crippen LogP contribution in [0.2, 0.25) is 0 Å². The fourth-order valence-corrected chi connectivity index (χ4v) is 4.51. The predicted molar refractivity (Wildman–Crippen MR) is 226 cm³/mol. The molecule has 0 aliphatic heterocycles. The van der Waals surface area contributed by atoms with Gasteiger partial charge in [-0.05, 0) is 99.8 Å². The molecular weight excluding hydrogens is 583 g/mol. The smallest absolute Gasteiger partial charge is 0.120 e. The first kappa shape index (κ1) is 54.5. The molecule has 0 aliphatic carbocycles. The summed E-state index contributed by atoms with van der Waals surface area (Å²) >= 11 is 0. The highest BCUT2D eigenvalue weighted by molar-refractivity contribution is 5.96. The van der Waals surface area contributed by atoms with E-state index in [2.05, 4.69) is 93.2 Å². The fourth-order valence-electron chi connectivity index (χ4n) is 4.51. The van der Waals surface area contributed by atoms with Crippen molar-refractivity contribution in [3.05, 3.63) is 88.0 Å². The number of carbonyl (C=O) groups excluding carboxylic acids is 1. The number of hydrogen-bond acceptors (Lipinski definition) is 2. The summed E-state index contributed by atoms with van der Waals surface area (Å²) in [4.78, 5) is 9.22. The summed E-state index contributed by atoms with van der Waals surface area (Å²) in [6.45, 7) is 41.7. The molecule has 2 aromatic carbocycles. The van der Waals surface area contributed by atoms with Crippen molar-refractivity contribution < 1.29 is 4.79 Å². The van der Waals surface area contributed by atoms with Gasteiger partial charge in [-0.2, -0.15) is 0 Å². The third-order valence-electron chi connectivity index (χ3n) is 7.47. The van der Waals surface area contributed by atoms with Crippen LogP contribution in [0, 0.1) is 38.0 Å². The van der Waals surface area contributed by atoms with E-state index >= 15 is 0 Å². The van der Waals surface area contributed by atoms with E-state index < -0.39 is 0 Å². The van der Waals surface area contributed by atoms with E-state index in [-0.39, 0.29) is 0 Å². The van der Waals surface area contributed by atoms with Gasteiger partial charge in [-0.25, -0.2) is 4.79 Å². The normalized spacial score (nSPS) is 10.0. The van der Waals surface area contributed by atoms with Crippen molar-refractivity contribution in [2.75, 3.05) is 0 Å². The quantitative estimate of drug-likeness (QED) is 0.189. The van der Waals surface area contributed by atoms with Gasteiger partial charge in [0, 0.05) is 5.71 Å². The standard InChI is InChI=1S/C20H32.C12H15N.C4H6O.C4H10.3C2H6/c1-7-9-19(10-8-2)18(6)17(5)14-20-13-15(3)11-12-16(20)4;1-8(2)12-6-5-11(10(4)13)7-9(12)3;1-2-3-4-5;1-3-4-2;3*1-2/h11-14,18-19H,7-10H2,1-6H3;5-7,13H,1H2,2-4H3;3H,2H2,1H3;3-4H2,1-2H3;3*1-2H3/b17-14+;;;;;;. The number of hydrogen-bond donors (Lipinski definition) is 1. The zero-order valence-electron chi connectivity index (χ0n) is 35.3. The first-order valence-electron chi connectivity index (χ1n) is 19.1. The molecule has 0 amide bonds. The first-order valence-corrected chi connectivity index (χ1v) is 19.1. The van der Waals surface area contributed by atoms with E-state index in [1.165, 1.54) is 78.0 Å². The zero-order valence-corrected chi connectivity index (χ0v) is 35.3. The molecule has 1 unspecified atom stereocenters. The number of aryl methyl sites for hydroxylation is 3. The van der Waals surface area contributed by atoms with Crippen LogP contribution >= 0.6 is 0 Å². The van der Waals surface area contributed by atoms with E-state index in [0.717, 1.165) is 23.5 Å². The van der Waals surface area contributed by atoms with Gasteiger partial charge in [-0.1, -0.05) is 181 Å². The minimum absolute atomic E-state index is 0.608. The van der Waals surface area contributed by atoms with Crippen LogP contribution in [0.1, 0.15) is 182 Å². The predicted octanol–water partition coefficient (Wildman–Crippen LogP) is 15.6. The van der Waals surface area contributed by atoms with Crippen LogP contribution in [-0.2, 0) is 4.79 Å². The molecule has 0 spiro atoms. The summed E-state index contributed by atoms with van der Waals surface area (Å²) < 4.78 is 0. The zero-order chi connectivity index (χ0) is 38.7. The van der Waals surface area contributed by atoms with Crippen molar-refractivity contribution in [1.82, 2.24) is 0 Å². The minimum atomic E-state index is 0.608. The van der Waals surface area contributed by atoms with Gasteiger partial charge in [0.15, 0.2) is 0 Å². The third kappa shape index (κ3) is 28.1. The number of benzene rings is 2. The summed E-state index contributed by atoms with van der Waals surface area (Å²) in [5, 5.41) is 7.49. The van der Waals surface area contributed by atoms with Crippen LogP contribution in [0.5, 0.6) is 0 Å². The lowest BCUT2D eigenvalue weighted by atomic mass is 9.81. The molecule has 0 aliphatic rings. The molecule has 0 saturated heterocycles. The number of unbranched alkanes of at least 4 members (excludes halogenated alkanes) is 1. The fraction of sp³-hybridized carbons (Fsp3) is 0.587. The lowest BCUT2D eigenvalue weighted by Crippen LogP contribution is -2.12. The largest absolute Gasteiger partial charge is 0.305 e. The Hall–Kier alpha value is -2.96. The molecule has 2 rings (SSSR count). The highest BCUT2D eigenvalue weighted by Crippen LogP contribution is 2.30. The number of allylic oxidation sites excluding steroid dienone is 3. The lowest BCUT2D eigenvalue weighted by molar-refractivity contribution is 0.347. The molecule has 2 aromatic rings. The molecule has 276 valence electrons. The monoisotopic (exact) mass is 664 g/mol. The van der Waals surface area contributed by atoms with Gasteiger partial charge in [0.05, 0.1) is 0 Å². The maximum Gasteiger partial charge on any atom is 0.120 e. The summed E-state index contributed by atoms with van der Waals surface area (Å²) in [5.74, 6) is 3.17. The Morgan fingerprint density at radius 1 is 0.771 bits per heavy atom. The van der Waals surface area contributed by atoms with E-state index in [1.54, 1.807) is 12.9 Å². The average molecular weight is 664 g/mol. The van der Waals surface area contributed by atoms with E-state index in [4.69, 9.17) is 5.41 Å². The van der Waals surface area contributed by atoms with E-state index in [0.29, 0.717) is 11.6 Å². The summed E-state index contributed by atoms with van der Waals surface area (Å²) in [6, 6.07) is 12.8. The first-order chi connectivity index (χ1) is 22.8. The van der Waals surface area contributed by atoms with Crippen molar-refractivity contribution in [3.8, 4) is 0 Å². The number of nitrogens with one attached hydrogen (secondary N) is 1. The Labute approximate surface area is 302 Å². The van der Waals surface area contributed by atoms with Crippen molar-refractivity contribution in [3.63, 3.8) is 0 Å². The van der Waals surface area contributed by atoms with Gasteiger partial charge in [0.2, 0.25) is 0 Å². The molecule has 0 bridgehead atoms. The second-order valence-electron chi connectivity index (χ2n) is 11.5. The highest BCUT2D eigenvalue weighted by Gasteiger charge is 2.17. The van der Waals surface area contributed by atoms with Crippen LogP contribution in [0.4, 0.5) is 0 Å². The lowest BCUT2D eigenvalue weighted by Gasteiger charge is -2.24. The maximum absolute atomic E-state index is 9.22. The summed E-state index contributed by atoms with van der Waals surface area (Å²) in [5.41, 5.74) is 10.7. The Balaban J connectivity index is -0.000000188. The Morgan fingerprint density at radius 2 is 1.27 bits per heavy atom. The second kappa shape index (κ2) is 38.5. The summed E-state index contributed by atoms with van der Waals surface area (Å²) in [6.07, 6.45) is 12.6. The molecule has 0 fully saturated rings. The minimum Gasteiger partial charge on any atom is -0.305 e. The van der Waals surface area contributed by atoms with E-state index in [1.807, 2.05) is 73.6 Å². The molecule has 0 aromatic heterocycles. The van der Waals surface area contributed by atoms with Gasteiger partial charge >= 0.3 is 0 Å². The SMILES string of the molecule is C=C(C)c1ccc(C(C)=N)cc1C.CC.CC.CC.CCC=C=O.CCCC.CCCC(CCC)C(C)/C(C)=C/c1cc(C)ccc1C. The molecule has 48 heavy (non-hydrogen) atoms. The molecule has 1 N–H and O–H groups in total. The molecule has 1 atom stereocenters.